The van der Waals surface area contributed by atoms with Gasteiger partial charge in [0, 0.05) is 23.8 Å². The van der Waals surface area contributed by atoms with Gasteiger partial charge < -0.3 is 10.3 Å². The van der Waals surface area contributed by atoms with Gasteiger partial charge in [-0.15, -0.1) is 0 Å². The lowest BCUT2D eigenvalue weighted by Crippen LogP contribution is -2.28. The number of carbonyl (C=O) groups excluding carboxylic acids is 1. The molecule has 25 heavy (non-hydrogen) atoms. The highest BCUT2D eigenvalue weighted by molar-refractivity contribution is 5.92. The van der Waals surface area contributed by atoms with E-state index in [0.29, 0.717) is 30.1 Å². The Balaban J connectivity index is 1.73. The molecule has 1 aromatic carbocycles. The SMILES string of the molecule is CC(C)c1ccc2[nH]c(=O)c(CCNC(=O)c3ccccn3)cc2c1. The number of aromatic amines is 1. The lowest BCUT2D eigenvalue weighted by atomic mass is 10.0. The van der Waals surface area contributed by atoms with Crippen molar-refractivity contribution in [2.24, 2.45) is 0 Å². The number of amides is 1. The van der Waals surface area contributed by atoms with E-state index < -0.39 is 0 Å². The zero-order chi connectivity index (χ0) is 17.8. The molecule has 0 aliphatic carbocycles. The van der Waals surface area contributed by atoms with Crippen molar-refractivity contribution in [2.45, 2.75) is 26.2 Å². The number of H-pyrrole nitrogens is 1. The van der Waals surface area contributed by atoms with Gasteiger partial charge in [-0.3, -0.25) is 14.6 Å². The van der Waals surface area contributed by atoms with E-state index in [4.69, 9.17) is 0 Å². The fourth-order valence-electron chi connectivity index (χ4n) is 2.71. The third-order valence-electron chi connectivity index (χ3n) is 4.19. The molecular weight excluding hydrogens is 314 g/mol. The summed E-state index contributed by atoms with van der Waals surface area (Å²) in [6.07, 6.45) is 2.05. The van der Waals surface area contributed by atoms with E-state index in [-0.39, 0.29) is 11.5 Å². The molecule has 1 amide bonds. The van der Waals surface area contributed by atoms with Gasteiger partial charge in [-0.2, -0.15) is 0 Å². The quantitative estimate of drug-likeness (QED) is 0.752. The van der Waals surface area contributed by atoms with Crippen molar-refractivity contribution >= 4 is 16.8 Å². The van der Waals surface area contributed by atoms with Gasteiger partial charge in [0.1, 0.15) is 5.69 Å². The maximum atomic E-state index is 12.2. The van der Waals surface area contributed by atoms with Crippen LogP contribution in [0.2, 0.25) is 0 Å². The van der Waals surface area contributed by atoms with E-state index in [0.717, 1.165) is 10.9 Å². The highest BCUT2D eigenvalue weighted by Gasteiger charge is 2.08. The Hall–Kier alpha value is -2.95. The lowest BCUT2D eigenvalue weighted by molar-refractivity contribution is 0.0949. The summed E-state index contributed by atoms with van der Waals surface area (Å²) in [7, 11) is 0. The molecule has 5 nitrogen and oxygen atoms in total. The van der Waals surface area contributed by atoms with Gasteiger partial charge >= 0.3 is 0 Å². The zero-order valence-corrected chi connectivity index (χ0v) is 14.4. The Bertz CT molecular complexity index is 946. The highest BCUT2D eigenvalue weighted by Crippen LogP contribution is 2.20. The van der Waals surface area contributed by atoms with Crippen molar-refractivity contribution in [1.82, 2.24) is 15.3 Å². The summed E-state index contributed by atoms with van der Waals surface area (Å²) < 4.78 is 0. The largest absolute Gasteiger partial charge is 0.350 e. The molecule has 0 radical (unpaired) electrons. The molecule has 0 saturated carbocycles. The average Bonchev–Trinajstić information content (AvgIpc) is 2.62. The van der Waals surface area contributed by atoms with E-state index >= 15 is 0 Å². The smallest absolute Gasteiger partial charge is 0.269 e. The highest BCUT2D eigenvalue weighted by atomic mass is 16.2. The van der Waals surface area contributed by atoms with Gasteiger partial charge in [-0.05, 0) is 53.6 Å². The second-order valence-corrected chi connectivity index (χ2v) is 6.35. The van der Waals surface area contributed by atoms with E-state index in [1.165, 1.54) is 5.56 Å². The van der Waals surface area contributed by atoms with Crippen LogP contribution in [-0.4, -0.2) is 22.4 Å². The van der Waals surface area contributed by atoms with E-state index in [1.807, 2.05) is 18.2 Å². The molecule has 5 heteroatoms. The van der Waals surface area contributed by atoms with Crippen LogP contribution >= 0.6 is 0 Å². The number of rotatable bonds is 5. The molecule has 0 saturated heterocycles. The molecule has 2 aromatic heterocycles. The van der Waals surface area contributed by atoms with Crippen LogP contribution in [0.4, 0.5) is 0 Å². The maximum absolute atomic E-state index is 12.2. The molecule has 2 heterocycles. The van der Waals surface area contributed by atoms with Crippen molar-refractivity contribution in [3.8, 4) is 0 Å². The minimum Gasteiger partial charge on any atom is -0.350 e. The van der Waals surface area contributed by atoms with Crippen molar-refractivity contribution < 1.29 is 4.79 Å². The van der Waals surface area contributed by atoms with Crippen LogP contribution in [0.15, 0.2) is 53.5 Å². The van der Waals surface area contributed by atoms with Crippen molar-refractivity contribution in [2.75, 3.05) is 6.54 Å². The van der Waals surface area contributed by atoms with Crippen LogP contribution in [0, 0.1) is 0 Å². The fourth-order valence-corrected chi connectivity index (χ4v) is 2.71. The number of pyridine rings is 2. The molecule has 0 spiro atoms. The van der Waals surface area contributed by atoms with Crippen molar-refractivity contribution in [1.29, 1.82) is 0 Å². The van der Waals surface area contributed by atoms with Crippen molar-refractivity contribution in [3.63, 3.8) is 0 Å². The first kappa shape index (κ1) is 16.9. The van der Waals surface area contributed by atoms with Crippen molar-refractivity contribution in [3.05, 3.63) is 75.8 Å². The molecule has 0 unspecified atom stereocenters. The van der Waals surface area contributed by atoms with Gasteiger partial charge in [0.15, 0.2) is 0 Å². The van der Waals surface area contributed by atoms with Gasteiger partial charge in [0.25, 0.3) is 11.5 Å². The Kier molecular flexibility index (Phi) is 4.93. The molecular formula is C20H21N3O2. The molecule has 0 aliphatic rings. The van der Waals surface area contributed by atoms with Crippen LogP contribution in [0.3, 0.4) is 0 Å². The number of nitrogens with one attached hydrogen (secondary N) is 2. The number of nitrogens with zero attached hydrogens (tertiary/aromatic N) is 1. The number of carbonyl (C=O) groups is 1. The predicted octanol–water partition coefficient (Wildman–Crippen LogP) is 3.02. The van der Waals surface area contributed by atoms with Crippen LogP contribution in [0.5, 0.6) is 0 Å². The Morgan fingerprint density at radius 3 is 2.76 bits per heavy atom. The van der Waals surface area contributed by atoms with Gasteiger partial charge in [-0.1, -0.05) is 26.0 Å². The summed E-state index contributed by atoms with van der Waals surface area (Å²) in [5, 5.41) is 3.81. The molecule has 0 atom stereocenters. The average molecular weight is 335 g/mol. The standard InChI is InChI=1S/C20H21N3O2/c1-13(2)14-6-7-17-16(11-14)12-15(19(24)23-17)8-10-22-20(25)18-5-3-4-9-21-18/h3-7,9,11-13H,8,10H2,1-2H3,(H,22,25)(H,23,24). The maximum Gasteiger partial charge on any atom is 0.269 e. The minimum atomic E-state index is -0.236. The summed E-state index contributed by atoms with van der Waals surface area (Å²) in [6.45, 7) is 4.66. The van der Waals surface area contributed by atoms with Crippen LogP contribution in [-0.2, 0) is 6.42 Å². The number of fused-ring (bicyclic) bond motifs is 1. The van der Waals surface area contributed by atoms with Crippen LogP contribution < -0.4 is 10.9 Å². The van der Waals surface area contributed by atoms with E-state index in [9.17, 15) is 9.59 Å². The van der Waals surface area contributed by atoms with Gasteiger partial charge in [0.05, 0.1) is 0 Å². The van der Waals surface area contributed by atoms with E-state index in [1.54, 1.807) is 24.4 Å². The Morgan fingerprint density at radius 1 is 1.20 bits per heavy atom. The molecule has 0 bridgehead atoms. The number of hydrogen-bond acceptors (Lipinski definition) is 3. The summed E-state index contributed by atoms with van der Waals surface area (Å²) in [4.78, 5) is 31.1. The zero-order valence-electron chi connectivity index (χ0n) is 14.4. The number of aromatic nitrogens is 2. The van der Waals surface area contributed by atoms with Gasteiger partial charge in [-0.25, -0.2) is 0 Å². The molecule has 3 aromatic rings. The number of hydrogen-bond donors (Lipinski definition) is 2. The first-order chi connectivity index (χ1) is 12.0. The minimum absolute atomic E-state index is 0.114. The fraction of sp³-hybridized carbons (Fsp3) is 0.250. The summed E-state index contributed by atoms with van der Waals surface area (Å²) in [5.74, 6) is 0.192. The monoisotopic (exact) mass is 335 g/mol. The molecule has 0 fully saturated rings. The second kappa shape index (κ2) is 7.30. The Labute approximate surface area is 146 Å². The second-order valence-electron chi connectivity index (χ2n) is 6.35. The van der Waals surface area contributed by atoms with Crippen LogP contribution in [0.25, 0.3) is 10.9 Å². The summed E-state index contributed by atoms with van der Waals surface area (Å²) >= 11 is 0. The first-order valence-corrected chi connectivity index (χ1v) is 8.39. The first-order valence-electron chi connectivity index (χ1n) is 8.39. The summed E-state index contributed by atoms with van der Waals surface area (Å²) in [6, 6.07) is 13.2. The molecule has 128 valence electrons. The summed E-state index contributed by atoms with van der Waals surface area (Å²) in [5.41, 5.74) is 2.98. The van der Waals surface area contributed by atoms with E-state index in [2.05, 4.69) is 35.2 Å². The molecule has 0 aliphatic heterocycles. The van der Waals surface area contributed by atoms with Crippen LogP contribution in [0.1, 0.15) is 41.4 Å². The molecule has 2 N–H and O–H groups in total. The third-order valence-corrected chi connectivity index (χ3v) is 4.19. The predicted molar refractivity (Wildman–Crippen MR) is 98.9 cm³/mol. The normalized spacial score (nSPS) is 11.0. The number of benzene rings is 1. The lowest BCUT2D eigenvalue weighted by Gasteiger charge is -2.09. The molecule has 3 rings (SSSR count). The van der Waals surface area contributed by atoms with Gasteiger partial charge in [0.2, 0.25) is 0 Å². The Morgan fingerprint density at radius 2 is 2.04 bits per heavy atom. The topological polar surface area (TPSA) is 74.8 Å². The third kappa shape index (κ3) is 3.94.